The van der Waals surface area contributed by atoms with Crippen LogP contribution in [0.3, 0.4) is 0 Å². The third-order valence-electron chi connectivity index (χ3n) is 12.1. The van der Waals surface area contributed by atoms with Gasteiger partial charge in [0.1, 0.15) is 5.82 Å². The van der Waals surface area contributed by atoms with Crippen LogP contribution in [0.15, 0.2) is 126 Å². The summed E-state index contributed by atoms with van der Waals surface area (Å²) in [4.78, 5) is 62.5. The van der Waals surface area contributed by atoms with Crippen molar-refractivity contribution in [2.24, 2.45) is 11.8 Å². The molecule has 2 fully saturated rings. The number of anilines is 4. The third kappa shape index (κ3) is 13.6. The van der Waals surface area contributed by atoms with Crippen molar-refractivity contribution in [1.82, 2.24) is 51.2 Å². The highest BCUT2D eigenvalue weighted by Crippen LogP contribution is 2.38. The highest BCUT2D eigenvalue weighted by atomic mass is 35.5. The van der Waals surface area contributed by atoms with E-state index in [4.69, 9.17) is 11.6 Å². The monoisotopic (exact) mass is 1190 g/mol. The van der Waals surface area contributed by atoms with Crippen LogP contribution in [-0.4, -0.2) is 91.7 Å². The average molecular weight is 1190 g/mol. The maximum absolute atomic E-state index is 14.0. The van der Waals surface area contributed by atoms with Gasteiger partial charge >= 0.3 is 12.1 Å². The van der Waals surface area contributed by atoms with E-state index < -0.39 is 47.9 Å². The minimum Gasteiger partial charge on any atom is -0.307 e. The molecule has 0 aliphatic heterocycles. The summed E-state index contributed by atoms with van der Waals surface area (Å²) in [6.45, 7) is 0. The van der Waals surface area contributed by atoms with E-state index >= 15 is 0 Å². The van der Waals surface area contributed by atoms with Crippen LogP contribution in [-0.2, 0) is 31.2 Å². The van der Waals surface area contributed by atoms with Crippen LogP contribution in [0.25, 0.3) is 0 Å². The molecule has 0 bridgehead atoms. The summed E-state index contributed by atoms with van der Waals surface area (Å²) >= 11 is 10.4. The quantitative estimate of drug-likeness (QED) is 0.0343. The zero-order valence-electron chi connectivity index (χ0n) is 40.5. The van der Waals surface area contributed by atoms with Gasteiger partial charge in [-0.1, -0.05) is 107 Å². The number of thiazole rings is 2. The molecule has 8 aromatic rings. The van der Waals surface area contributed by atoms with Gasteiger partial charge < -0.3 is 10.6 Å². The standard InChI is InChI=1S/C24H22ClN7O4S3.C24H22FN7O4S3/c2*25-15-10-11-18(17(12-15)20(33)14-6-4-5-7-14)26-22(34)28-23-27-19(13-37-16-8-2-1-3-9-16)21(38-23)39(35,36)24-29-31-32-30-24/h2*1-3,8-12,14H,4-7,13H2,(H2,26,27,28,34)(H,29,30,31,32). The second-order valence-electron chi connectivity index (χ2n) is 17.4. The van der Waals surface area contributed by atoms with Crippen molar-refractivity contribution in [3.05, 3.63) is 130 Å². The molecule has 22 nitrogen and oxygen atoms in total. The van der Waals surface area contributed by atoms with E-state index in [1.54, 1.807) is 18.2 Å². The van der Waals surface area contributed by atoms with E-state index in [2.05, 4.69) is 72.5 Å². The molecule has 78 heavy (non-hydrogen) atoms. The fourth-order valence-corrected chi connectivity index (χ4v) is 15.7. The van der Waals surface area contributed by atoms with Crippen molar-refractivity contribution in [1.29, 1.82) is 0 Å². The molecule has 0 spiro atoms. The Bertz CT molecular complexity index is 3420. The Hall–Kier alpha value is -7.02. The molecule has 0 atom stereocenters. The molecule has 30 heteroatoms. The largest absolute Gasteiger partial charge is 0.325 e. The summed E-state index contributed by atoms with van der Waals surface area (Å²) in [6.07, 6.45) is 6.90. The molecule has 0 unspecified atom stereocenters. The first-order valence-electron chi connectivity index (χ1n) is 23.8. The normalized spacial score (nSPS) is 13.9. The number of Topliss-reactive ketones (excluding diaryl/α,β-unsaturated/α-hetero) is 2. The Morgan fingerprint density at radius 2 is 1.01 bits per heavy atom. The first-order valence-corrected chi connectivity index (χ1v) is 30.7. The molecule has 404 valence electrons. The Balaban J connectivity index is 0.000000190. The number of nitrogens with zero attached hydrogens (tertiary/aromatic N) is 8. The third-order valence-corrected chi connectivity index (χ3v) is 20.6. The van der Waals surface area contributed by atoms with Crippen LogP contribution in [0, 0.1) is 17.7 Å². The number of thioether (sulfide) groups is 2. The number of ketones is 2. The number of benzene rings is 4. The van der Waals surface area contributed by atoms with Crippen LogP contribution < -0.4 is 21.3 Å². The molecule has 6 N–H and O–H groups in total. The van der Waals surface area contributed by atoms with Crippen molar-refractivity contribution >= 4 is 123 Å². The number of amides is 4. The minimum atomic E-state index is -4.14. The Morgan fingerprint density at radius 3 is 1.44 bits per heavy atom. The number of H-pyrrole nitrogens is 2. The number of urea groups is 2. The lowest BCUT2D eigenvalue weighted by Crippen LogP contribution is -2.22. The summed E-state index contributed by atoms with van der Waals surface area (Å²) in [5.74, 6) is -0.764. The van der Waals surface area contributed by atoms with E-state index in [1.807, 2.05) is 60.7 Å². The number of aromatic amines is 2. The predicted octanol–water partition coefficient (Wildman–Crippen LogP) is 10.4. The fourth-order valence-electron chi connectivity index (χ4n) is 8.40. The molecule has 2 aliphatic carbocycles. The van der Waals surface area contributed by atoms with Gasteiger partial charge in [-0.05, 0) is 107 Å². The molecule has 0 saturated heterocycles. The first-order chi connectivity index (χ1) is 37.6. The van der Waals surface area contributed by atoms with Gasteiger partial charge in [0.15, 0.2) is 30.2 Å². The number of sulfone groups is 2. The summed E-state index contributed by atoms with van der Waals surface area (Å²) in [7, 11) is -8.26. The molecule has 4 aromatic heterocycles. The second kappa shape index (κ2) is 25.2. The Labute approximate surface area is 466 Å². The summed E-state index contributed by atoms with van der Waals surface area (Å²) in [6, 6.07) is 25.6. The van der Waals surface area contributed by atoms with E-state index in [-0.39, 0.29) is 76.2 Å². The zero-order chi connectivity index (χ0) is 54.8. The topological polar surface area (TPSA) is 319 Å². The molecule has 0 radical (unpaired) electrons. The van der Waals surface area contributed by atoms with Crippen molar-refractivity contribution in [2.75, 3.05) is 21.3 Å². The van der Waals surface area contributed by atoms with Crippen molar-refractivity contribution in [3.8, 4) is 0 Å². The van der Waals surface area contributed by atoms with Gasteiger partial charge in [0.2, 0.25) is 0 Å². The number of hydrogen-bond acceptors (Lipinski definition) is 20. The van der Waals surface area contributed by atoms with Gasteiger partial charge in [0.05, 0.1) is 22.8 Å². The van der Waals surface area contributed by atoms with Gasteiger partial charge in [0.25, 0.3) is 30.0 Å². The lowest BCUT2D eigenvalue weighted by atomic mass is 9.95. The maximum atomic E-state index is 14.0. The fraction of sp³-hybridized carbons (Fsp3) is 0.250. The van der Waals surface area contributed by atoms with E-state index in [1.165, 1.54) is 29.6 Å². The Kier molecular flexibility index (Phi) is 18.0. The molecule has 4 heterocycles. The minimum absolute atomic E-state index is 0.00740. The molecule has 2 saturated carbocycles. The smallest absolute Gasteiger partial charge is 0.307 e. The van der Waals surface area contributed by atoms with Crippen LogP contribution in [0.1, 0.15) is 83.5 Å². The van der Waals surface area contributed by atoms with Crippen LogP contribution in [0.2, 0.25) is 5.02 Å². The van der Waals surface area contributed by atoms with Gasteiger partial charge in [-0.25, -0.2) is 51.0 Å². The van der Waals surface area contributed by atoms with Crippen molar-refractivity contribution in [2.45, 2.75) is 91.4 Å². The molecule has 10 rings (SSSR count). The number of carbonyl (C=O) groups is 4. The van der Waals surface area contributed by atoms with E-state index in [0.717, 1.165) is 96.0 Å². The van der Waals surface area contributed by atoms with Gasteiger partial charge in [-0.15, -0.1) is 23.5 Å². The average Bonchev–Trinajstić information content (AvgIpc) is 4.36. The predicted molar refractivity (Wildman–Crippen MR) is 291 cm³/mol. The number of carbonyl (C=O) groups excluding carboxylic acids is 4. The molecule has 4 amide bonds. The molecule has 4 aromatic carbocycles. The first kappa shape index (κ1) is 55.7. The highest BCUT2D eigenvalue weighted by molar-refractivity contribution is 7.99. The summed E-state index contributed by atoms with van der Waals surface area (Å²) < 4.78 is 66.5. The number of halogens is 2. The summed E-state index contributed by atoms with van der Waals surface area (Å²) in [5, 5.41) is 35.0. The number of nitrogens with one attached hydrogen (secondary N) is 6. The maximum Gasteiger partial charge on any atom is 0.325 e. The molecule has 2 aliphatic rings. The van der Waals surface area contributed by atoms with Crippen molar-refractivity contribution in [3.63, 3.8) is 0 Å². The SMILES string of the molecule is O=C(Nc1nc(CSc2ccccc2)c(S(=O)(=O)c2nnn[nH]2)s1)Nc1ccc(Cl)cc1C(=O)C1CCCC1.O=C(Nc1nc(CSc2ccccc2)c(S(=O)(=O)c2nnn[nH]2)s1)Nc1ccc(F)cc1C(=O)C1CCCC1. The zero-order valence-corrected chi connectivity index (χ0v) is 46.2. The van der Waals surface area contributed by atoms with Gasteiger partial charge in [-0.3, -0.25) is 20.2 Å². The van der Waals surface area contributed by atoms with Gasteiger partial charge in [0, 0.05) is 49.3 Å². The number of tetrazole rings is 2. The van der Waals surface area contributed by atoms with Crippen LogP contribution in [0.4, 0.5) is 35.6 Å². The molecular formula is C48H44ClFN14O8S6. The highest BCUT2D eigenvalue weighted by Gasteiger charge is 2.33. The van der Waals surface area contributed by atoms with Gasteiger partial charge in [-0.2, -0.15) is 0 Å². The Morgan fingerprint density at radius 1 is 0.590 bits per heavy atom. The summed E-state index contributed by atoms with van der Waals surface area (Å²) in [5.41, 5.74) is 1.35. The lowest BCUT2D eigenvalue weighted by molar-refractivity contribution is 0.0916. The van der Waals surface area contributed by atoms with Crippen LogP contribution >= 0.6 is 57.8 Å². The second-order valence-corrected chi connectivity index (χ2v) is 26.0. The van der Waals surface area contributed by atoms with Crippen molar-refractivity contribution < 1.29 is 40.4 Å². The number of hydrogen-bond donors (Lipinski definition) is 6. The number of rotatable bonds is 18. The van der Waals surface area contributed by atoms with E-state index in [0.29, 0.717) is 16.3 Å². The van der Waals surface area contributed by atoms with E-state index in [9.17, 15) is 40.4 Å². The van der Waals surface area contributed by atoms with Crippen LogP contribution in [0.5, 0.6) is 0 Å². The lowest BCUT2D eigenvalue weighted by Gasteiger charge is -2.14. The molecular weight excluding hydrogens is 1150 g/mol. The number of aromatic nitrogens is 10.